The number of hydrogen-bond acceptors (Lipinski definition) is 5. The highest BCUT2D eigenvalue weighted by Crippen LogP contribution is 2.32. The topological polar surface area (TPSA) is 69.2 Å². The molecule has 0 fully saturated rings. The summed E-state index contributed by atoms with van der Waals surface area (Å²) in [5, 5.41) is 3.30. The molecule has 0 saturated heterocycles. The number of halogens is 5. The number of alkyl halides is 3. The van der Waals surface area contributed by atoms with Gasteiger partial charge in [-0.25, -0.2) is 9.18 Å². The van der Waals surface area contributed by atoms with E-state index in [-0.39, 0.29) is 22.6 Å². The fraction of sp³-hybridized carbons (Fsp3) is 0.222. The lowest BCUT2D eigenvalue weighted by molar-refractivity contribution is -0.138. The van der Waals surface area contributed by atoms with Gasteiger partial charge in [0.2, 0.25) is 0 Å². The molecule has 1 N–H and O–H groups in total. The lowest BCUT2D eigenvalue weighted by atomic mass is 10.1. The Bertz CT molecular complexity index is 919. The molecule has 0 atom stereocenters. The average molecular weight is 435 g/mol. The Hall–Kier alpha value is -3.01. The predicted molar refractivity (Wildman–Crippen MR) is 96.0 cm³/mol. The molecular weight excluding hydrogens is 420 g/mol. The molecule has 156 valence electrons. The van der Waals surface area contributed by atoms with Gasteiger partial charge in [-0.05, 0) is 25.1 Å². The number of hydrogen-bond donors (Lipinski definition) is 1. The van der Waals surface area contributed by atoms with E-state index in [1.165, 1.54) is 31.2 Å². The molecule has 2 aromatic carbocycles. The molecule has 6 nitrogen and oxygen atoms in total. The minimum Gasteiger partial charge on any atom is -0.451 e. The van der Waals surface area contributed by atoms with Crippen molar-refractivity contribution in [2.75, 3.05) is 7.11 Å². The van der Waals surface area contributed by atoms with Crippen molar-refractivity contribution in [3.63, 3.8) is 0 Å². The van der Waals surface area contributed by atoms with Crippen LogP contribution in [0.5, 0.6) is 5.75 Å². The van der Waals surface area contributed by atoms with Gasteiger partial charge in [0.05, 0.1) is 18.4 Å². The number of oxime groups is 1. The van der Waals surface area contributed by atoms with Crippen LogP contribution in [0.25, 0.3) is 0 Å². The molecule has 0 aromatic heterocycles. The number of carbonyl (C=O) groups is 1. The van der Waals surface area contributed by atoms with Crippen LogP contribution in [0.3, 0.4) is 0 Å². The quantitative estimate of drug-likeness (QED) is 0.390. The molecule has 11 heteroatoms. The molecule has 0 heterocycles. The van der Waals surface area contributed by atoms with E-state index in [9.17, 15) is 22.4 Å². The molecule has 0 bridgehead atoms. The molecule has 0 unspecified atom stereocenters. The fourth-order valence-electron chi connectivity index (χ4n) is 2.16. The van der Waals surface area contributed by atoms with Crippen molar-refractivity contribution in [2.24, 2.45) is 5.16 Å². The molecule has 2 rings (SSSR count). The Labute approximate surface area is 167 Å². The van der Waals surface area contributed by atoms with Crippen molar-refractivity contribution in [1.82, 2.24) is 5.48 Å². The van der Waals surface area contributed by atoms with Gasteiger partial charge in [0.25, 0.3) is 0 Å². The maximum Gasteiger partial charge on any atom is 0.440 e. The van der Waals surface area contributed by atoms with Gasteiger partial charge in [-0.2, -0.15) is 18.7 Å². The third-order valence-corrected chi connectivity index (χ3v) is 3.95. The Morgan fingerprint density at radius 3 is 2.59 bits per heavy atom. The summed E-state index contributed by atoms with van der Waals surface area (Å²) in [6.45, 7) is 0.992. The van der Waals surface area contributed by atoms with Crippen LogP contribution in [-0.2, 0) is 22.4 Å². The van der Waals surface area contributed by atoms with E-state index in [4.69, 9.17) is 21.3 Å². The Morgan fingerprint density at radius 1 is 1.24 bits per heavy atom. The smallest absolute Gasteiger partial charge is 0.440 e. The van der Waals surface area contributed by atoms with E-state index in [1.54, 1.807) is 0 Å². The van der Waals surface area contributed by atoms with Crippen molar-refractivity contribution in [1.29, 1.82) is 0 Å². The molecule has 0 aliphatic heterocycles. The molecule has 0 aliphatic carbocycles. The van der Waals surface area contributed by atoms with Crippen LogP contribution in [-0.4, -0.2) is 18.9 Å². The summed E-state index contributed by atoms with van der Waals surface area (Å²) in [5.74, 6) is -1.10. The van der Waals surface area contributed by atoms with Gasteiger partial charge in [0, 0.05) is 11.1 Å². The van der Waals surface area contributed by atoms with Gasteiger partial charge in [-0.15, -0.1) is 0 Å². The molecule has 0 saturated carbocycles. The minimum absolute atomic E-state index is 0.106. The first-order valence-corrected chi connectivity index (χ1v) is 8.33. The largest absolute Gasteiger partial charge is 0.451 e. The molecule has 1 amide bonds. The molecule has 0 spiro atoms. The zero-order chi connectivity index (χ0) is 21.6. The third kappa shape index (κ3) is 5.98. The monoisotopic (exact) mass is 434 g/mol. The van der Waals surface area contributed by atoms with Crippen LogP contribution in [0.1, 0.15) is 23.6 Å². The molecule has 0 radical (unpaired) electrons. The number of carbonyl (C=O) groups excluding carboxylic acids is 1. The first-order chi connectivity index (χ1) is 13.6. The van der Waals surface area contributed by atoms with Crippen LogP contribution in [0.4, 0.5) is 22.4 Å². The van der Waals surface area contributed by atoms with Crippen molar-refractivity contribution in [2.45, 2.75) is 19.7 Å². The highest BCUT2D eigenvalue weighted by atomic mass is 35.5. The lowest BCUT2D eigenvalue weighted by Gasteiger charge is -2.12. The van der Waals surface area contributed by atoms with Gasteiger partial charge in [-0.3, -0.25) is 0 Å². The van der Waals surface area contributed by atoms with E-state index < -0.39 is 35.3 Å². The van der Waals surface area contributed by atoms with Crippen molar-refractivity contribution < 1.29 is 36.8 Å². The molecule has 29 heavy (non-hydrogen) atoms. The van der Waals surface area contributed by atoms with Crippen molar-refractivity contribution >= 4 is 23.4 Å². The number of hydroxylamine groups is 1. The van der Waals surface area contributed by atoms with Gasteiger partial charge in [-0.1, -0.05) is 35.0 Å². The van der Waals surface area contributed by atoms with Crippen LogP contribution in [0.2, 0.25) is 5.02 Å². The van der Waals surface area contributed by atoms with Gasteiger partial charge < -0.3 is 14.4 Å². The summed E-state index contributed by atoms with van der Waals surface area (Å²) in [6.07, 6.45) is -5.47. The number of amides is 1. The van der Waals surface area contributed by atoms with E-state index in [1.807, 2.05) is 5.48 Å². The second kappa shape index (κ2) is 9.46. The van der Waals surface area contributed by atoms with E-state index >= 15 is 0 Å². The number of rotatable bonds is 6. The van der Waals surface area contributed by atoms with Crippen molar-refractivity contribution in [3.8, 4) is 5.75 Å². The Balaban J connectivity index is 2.16. The zero-order valence-electron chi connectivity index (χ0n) is 15.1. The number of methoxy groups -OCH3 is 1. The van der Waals surface area contributed by atoms with Gasteiger partial charge in [0.15, 0.2) is 5.75 Å². The second-order valence-corrected chi connectivity index (χ2v) is 5.95. The lowest BCUT2D eigenvalue weighted by Crippen LogP contribution is -2.26. The van der Waals surface area contributed by atoms with Crippen LogP contribution >= 0.6 is 11.6 Å². The summed E-state index contributed by atoms with van der Waals surface area (Å²) < 4.78 is 57.3. The standard InChI is InChI=1S/C18H15ClF4N2O4/c1-10(24-28-9-11-5-3-4-6-13(11)18(21,22)23)12-7-14(20)16(19)15(8-12)29-25-17(26)27-2/h3-8H,9H2,1-2H3,(H,25,26)/b24-10+. The highest BCUT2D eigenvalue weighted by Gasteiger charge is 2.33. The molecule has 2 aromatic rings. The summed E-state index contributed by atoms with van der Waals surface area (Å²) in [7, 11) is 1.10. The van der Waals surface area contributed by atoms with E-state index in [0.717, 1.165) is 19.2 Å². The molecular formula is C18H15ClF4N2O4. The summed E-state index contributed by atoms with van der Waals surface area (Å²) in [5.41, 5.74) is 1.23. The summed E-state index contributed by atoms with van der Waals surface area (Å²) in [6, 6.07) is 7.19. The first-order valence-electron chi connectivity index (χ1n) is 7.95. The number of benzene rings is 2. The zero-order valence-corrected chi connectivity index (χ0v) is 15.9. The van der Waals surface area contributed by atoms with Crippen molar-refractivity contribution in [3.05, 3.63) is 63.9 Å². The van der Waals surface area contributed by atoms with Crippen LogP contribution in [0.15, 0.2) is 41.6 Å². The maximum absolute atomic E-state index is 14.0. The Morgan fingerprint density at radius 2 is 1.93 bits per heavy atom. The minimum atomic E-state index is -4.53. The third-order valence-electron chi connectivity index (χ3n) is 3.59. The summed E-state index contributed by atoms with van der Waals surface area (Å²) >= 11 is 5.77. The normalized spacial score (nSPS) is 11.8. The first kappa shape index (κ1) is 22.3. The van der Waals surface area contributed by atoms with Gasteiger partial charge >= 0.3 is 12.3 Å². The van der Waals surface area contributed by atoms with E-state index in [0.29, 0.717) is 0 Å². The second-order valence-electron chi connectivity index (χ2n) is 5.57. The number of nitrogens with zero attached hydrogens (tertiary/aromatic N) is 1. The maximum atomic E-state index is 14.0. The van der Waals surface area contributed by atoms with Crippen LogP contribution < -0.4 is 10.3 Å². The van der Waals surface area contributed by atoms with E-state index in [2.05, 4.69) is 9.89 Å². The highest BCUT2D eigenvalue weighted by molar-refractivity contribution is 6.32. The summed E-state index contributed by atoms with van der Waals surface area (Å²) in [4.78, 5) is 20.9. The number of ether oxygens (including phenoxy) is 1. The fourth-order valence-corrected chi connectivity index (χ4v) is 2.31. The SMILES string of the molecule is COC(=O)NOc1cc(/C(C)=N/OCc2ccccc2C(F)(F)F)cc(F)c1Cl. The number of nitrogens with one attached hydrogen (secondary N) is 1. The molecule has 0 aliphatic rings. The van der Waals surface area contributed by atoms with Gasteiger partial charge in [0.1, 0.15) is 17.4 Å². The predicted octanol–water partition coefficient (Wildman–Crippen LogP) is 5.09. The van der Waals surface area contributed by atoms with Crippen LogP contribution in [0, 0.1) is 5.82 Å². The Kier molecular flexibility index (Phi) is 7.27. The average Bonchev–Trinajstić information content (AvgIpc) is 2.68.